The average molecular weight is 239 g/mol. The highest BCUT2D eigenvalue weighted by atomic mass is 16.4. The zero-order valence-corrected chi connectivity index (χ0v) is 11.2. The summed E-state index contributed by atoms with van der Waals surface area (Å²) in [7, 11) is 0. The van der Waals surface area contributed by atoms with Gasteiger partial charge in [0.2, 0.25) is 0 Å². The van der Waals surface area contributed by atoms with E-state index in [2.05, 4.69) is 18.7 Å². The molecule has 2 fully saturated rings. The van der Waals surface area contributed by atoms with Crippen LogP contribution in [0.2, 0.25) is 0 Å². The zero-order chi connectivity index (χ0) is 12.5. The molecule has 0 bridgehead atoms. The van der Waals surface area contributed by atoms with Crippen LogP contribution in [0.5, 0.6) is 0 Å². The topological polar surface area (TPSA) is 40.5 Å². The minimum Gasteiger partial charge on any atom is -0.481 e. The number of hydrogen-bond donors (Lipinski definition) is 1. The predicted molar refractivity (Wildman–Crippen MR) is 68.0 cm³/mol. The van der Waals surface area contributed by atoms with Gasteiger partial charge in [-0.1, -0.05) is 26.7 Å². The summed E-state index contributed by atoms with van der Waals surface area (Å²) in [5.74, 6) is -0.570. The molecule has 2 rings (SSSR count). The van der Waals surface area contributed by atoms with E-state index >= 15 is 0 Å². The van der Waals surface area contributed by atoms with Crippen LogP contribution in [0.4, 0.5) is 0 Å². The van der Waals surface area contributed by atoms with E-state index in [-0.39, 0.29) is 0 Å². The molecule has 0 amide bonds. The van der Waals surface area contributed by atoms with Crippen LogP contribution >= 0.6 is 0 Å². The van der Waals surface area contributed by atoms with Crippen molar-refractivity contribution in [3.05, 3.63) is 0 Å². The molecule has 98 valence electrons. The van der Waals surface area contributed by atoms with Gasteiger partial charge in [-0.15, -0.1) is 0 Å². The third-order valence-electron chi connectivity index (χ3n) is 4.75. The number of carboxylic acid groups (broad SMARTS) is 1. The van der Waals surface area contributed by atoms with Gasteiger partial charge in [0.15, 0.2) is 0 Å². The molecule has 0 spiro atoms. The number of carboxylic acids is 1. The monoisotopic (exact) mass is 239 g/mol. The molecule has 0 radical (unpaired) electrons. The van der Waals surface area contributed by atoms with E-state index in [4.69, 9.17) is 0 Å². The van der Waals surface area contributed by atoms with Gasteiger partial charge in [-0.25, -0.2) is 0 Å². The molecule has 0 unspecified atom stereocenters. The van der Waals surface area contributed by atoms with Crippen molar-refractivity contribution in [1.29, 1.82) is 0 Å². The molecule has 1 aliphatic heterocycles. The first-order valence-electron chi connectivity index (χ1n) is 6.89. The van der Waals surface area contributed by atoms with Crippen molar-refractivity contribution in [3.63, 3.8) is 0 Å². The second-order valence-corrected chi connectivity index (χ2v) is 6.73. The number of likely N-dealkylation sites (tertiary alicyclic amines) is 1. The maximum Gasteiger partial charge on any atom is 0.310 e. The number of carbonyl (C=O) groups is 1. The van der Waals surface area contributed by atoms with Gasteiger partial charge in [0.05, 0.1) is 5.41 Å². The highest BCUT2D eigenvalue weighted by Gasteiger charge is 2.43. The van der Waals surface area contributed by atoms with Crippen LogP contribution in [0, 0.1) is 10.8 Å². The van der Waals surface area contributed by atoms with Crippen LogP contribution < -0.4 is 0 Å². The van der Waals surface area contributed by atoms with E-state index in [1.165, 1.54) is 12.8 Å². The standard InChI is InChI=1S/C14H25NO2/c1-13(2)7-9-15(10-8-13)11-14(12(16)17)5-3-4-6-14/h3-11H2,1-2H3,(H,16,17). The van der Waals surface area contributed by atoms with Crippen molar-refractivity contribution in [2.45, 2.75) is 52.4 Å². The van der Waals surface area contributed by atoms with Gasteiger partial charge in [-0.05, 0) is 44.2 Å². The Labute approximate surface area is 104 Å². The van der Waals surface area contributed by atoms with Crippen molar-refractivity contribution < 1.29 is 9.90 Å². The fourth-order valence-electron chi connectivity index (χ4n) is 3.24. The quantitative estimate of drug-likeness (QED) is 0.823. The number of piperidine rings is 1. The van der Waals surface area contributed by atoms with E-state index in [0.29, 0.717) is 5.41 Å². The molecule has 17 heavy (non-hydrogen) atoms. The fraction of sp³-hybridized carbons (Fsp3) is 0.929. The Balaban J connectivity index is 1.94. The summed E-state index contributed by atoms with van der Waals surface area (Å²) >= 11 is 0. The summed E-state index contributed by atoms with van der Waals surface area (Å²) < 4.78 is 0. The molecule has 1 N–H and O–H groups in total. The molecule has 3 nitrogen and oxygen atoms in total. The normalized spacial score (nSPS) is 28.1. The van der Waals surface area contributed by atoms with Gasteiger partial charge in [-0.3, -0.25) is 4.79 Å². The molecule has 0 aromatic heterocycles. The van der Waals surface area contributed by atoms with Crippen LogP contribution in [0.25, 0.3) is 0 Å². The molecule has 2 aliphatic rings. The summed E-state index contributed by atoms with van der Waals surface area (Å²) in [6.45, 7) is 7.54. The van der Waals surface area contributed by atoms with Gasteiger partial charge in [0.1, 0.15) is 0 Å². The van der Waals surface area contributed by atoms with Crippen molar-refractivity contribution in [2.24, 2.45) is 10.8 Å². The lowest BCUT2D eigenvalue weighted by atomic mass is 9.80. The molecule has 0 atom stereocenters. The molecular formula is C14H25NO2. The lowest BCUT2D eigenvalue weighted by Gasteiger charge is -2.40. The highest BCUT2D eigenvalue weighted by molar-refractivity contribution is 5.75. The SMILES string of the molecule is CC1(C)CCN(CC2(C(=O)O)CCCC2)CC1. The summed E-state index contributed by atoms with van der Waals surface area (Å²) in [6.07, 6.45) is 6.33. The van der Waals surface area contributed by atoms with E-state index < -0.39 is 11.4 Å². The van der Waals surface area contributed by atoms with Crippen LogP contribution in [-0.2, 0) is 4.79 Å². The van der Waals surface area contributed by atoms with Gasteiger partial charge < -0.3 is 10.0 Å². The second-order valence-electron chi connectivity index (χ2n) is 6.73. The molecule has 0 aromatic carbocycles. The molecule has 3 heteroatoms. The van der Waals surface area contributed by atoms with Crippen molar-refractivity contribution >= 4 is 5.97 Å². The first-order valence-corrected chi connectivity index (χ1v) is 6.89. The molecule has 1 saturated heterocycles. The van der Waals surface area contributed by atoms with E-state index in [0.717, 1.165) is 45.3 Å². The number of hydrogen-bond acceptors (Lipinski definition) is 2. The Morgan fingerprint density at radius 1 is 1.12 bits per heavy atom. The predicted octanol–water partition coefficient (Wildman–Crippen LogP) is 2.75. The summed E-state index contributed by atoms with van der Waals surface area (Å²) in [4.78, 5) is 13.9. The first-order chi connectivity index (χ1) is 7.94. The Bertz CT molecular complexity index is 283. The molecular weight excluding hydrogens is 214 g/mol. The average Bonchev–Trinajstić information content (AvgIpc) is 2.71. The van der Waals surface area contributed by atoms with Gasteiger partial charge in [0, 0.05) is 6.54 Å². The van der Waals surface area contributed by atoms with Crippen molar-refractivity contribution in [2.75, 3.05) is 19.6 Å². The fourth-order valence-corrected chi connectivity index (χ4v) is 3.24. The largest absolute Gasteiger partial charge is 0.481 e. The number of nitrogens with zero attached hydrogens (tertiary/aromatic N) is 1. The Hall–Kier alpha value is -0.570. The minimum atomic E-state index is -0.570. The summed E-state index contributed by atoms with van der Waals surface area (Å²) in [5.41, 5.74) is 0.0179. The van der Waals surface area contributed by atoms with Gasteiger partial charge in [0.25, 0.3) is 0 Å². The molecule has 1 saturated carbocycles. The van der Waals surface area contributed by atoms with E-state index in [9.17, 15) is 9.90 Å². The third-order valence-corrected chi connectivity index (χ3v) is 4.75. The van der Waals surface area contributed by atoms with E-state index in [1.54, 1.807) is 0 Å². The lowest BCUT2D eigenvalue weighted by molar-refractivity contribution is -0.150. The van der Waals surface area contributed by atoms with Crippen LogP contribution in [0.3, 0.4) is 0 Å². The zero-order valence-electron chi connectivity index (χ0n) is 11.2. The van der Waals surface area contributed by atoms with Crippen molar-refractivity contribution in [3.8, 4) is 0 Å². The van der Waals surface area contributed by atoms with E-state index in [1.807, 2.05) is 0 Å². The first kappa shape index (κ1) is 12.9. The van der Waals surface area contributed by atoms with Crippen LogP contribution in [0.1, 0.15) is 52.4 Å². The third kappa shape index (κ3) is 2.82. The number of aliphatic carboxylic acids is 1. The highest BCUT2D eigenvalue weighted by Crippen LogP contribution is 2.40. The number of rotatable bonds is 3. The van der Waals surface area contributed by atoms with Crippen LogP contribution in [-0.4, -0.2) is 35.6 Å². The Morgan fingerprint density at radius 3 is 2.12 bits per heavy atom. The minimum absolute atomic E-state index is 0.429. The van der Waals surface area contributed by atoms with Gasteiger partial charge >= 0.3 is 5.97 Å². The Morgan fingerprint density at radius 2 is 1.65 bits per heavy atom. The Kier molecular flexibility index (Phi) is 3.48. The lowest BCUT2D eigenvalue weighted by Crippen LogP contribution is -2.46. The maximum absolute atomic E-state index is 11.5. The smallest absolute Gasteiger partial charge is 0.310 e. The molecule has 0 aromatic rings. The summed E-state index contributed by atoms with van der Waals surface area (Å²) in [6, 6.07) is 0. The maximum atomic E-state index is 11.5. The molecule has 1 aliphatic carbocycles. The van der Waals surface area contributed by atoms with Crippen molar-refractivity contribution in [1.82, 2.24) is 4.90 Å². The molecule has 1 heterocycles. The van der Waals surface area contributed by atoms with Gasteiger partial charge in [-0.2, -0.15) is 0 Å². The van der Waals surface area contributed by atoms with Crippen LogP contribution in [0.15, 0.2) is 0 Å². The summed E-state index contributed by atoms with van der Waals surface area (Å²) in [5, 5.41) is 9.47. The second kappa shape index (κ2) is 4.60.